The number of hydrogen-bond donors (Lipinski definition) is 1. The number of ether oxygens (including phenoxy) is 1. The Kier molecular flexibility index (Phi) is 3.52. The van der Waals surface area contributed by atoms with E-state index >= 15 is 0 Å². The lowest BCUT2D eigenvalue weighted by atomic mass is 10.2. The van der Waals surface area contributed by atoms with Crippen molar-refractivity contribution < 1.29 is 4.74 Å². The van der Waals surface area contributed by atoms with Crippen LogP contribution in [-0.2, 0) is 4.74 Å². The number of rotatable bonds is 3. The molecule has 76 valence electrons. The van der Waals surface area contributed by atoms with Gasteiger partial charge in [-0.1, -0.05) is 0 Å². The summed E-state index contributed by atoms with van der Waals surface area (Å²) in [6.07, 6.45) is 4.46. The average molecular weight is 201 g/mol. The highest BCUT2D eigenvalue weighted by Crippen LogP contribution is 2.27. The van der Waals surface area contributed by atoms with Crippen LogP contribution >= 0.6 is 11.8 Å². The predicted octanol–water partition coefficient (Wildman–Crippen LogP) is 1.65. The van der Waals surface area contributed by atoms with Crippen molar-refractivity contribution in [1.82, 2.24) is 5.32 Å². The fourth-order valence-corrected chi connectivity index (χ4v) is 3.45. The SMILES string of the molecule is CC1OCCC1SC[C@H]1CCCN1. The minimum absolute atomic E-state index is 0.478. The number of thioether (sulfide) groups is 1. The average Bonchev–Trinajstić information content (AvgIpc) is 2.72. The van der Waals surface area contributed by atoms with Crippen molar-refractivity contribution >= 4 is 11.8 Å². The molecular weight excluding hydrogens is 182 g/mol. The number of nitrogens with one attached hydrogen (secondary N) is 1. The molecule has 0 aromatic carbocycles. The van der Waals surface area contributed by atoms with Gasteiger partial charge in [0.2, 0.25) is 0 Å². The van der Waals surface area contributed by atoms with E-state index in [1.165, 1.54) is 31.6 Å². The second kappa shape index (κ2) is 4.67. The van der Waals surface area contributed by atoms with Crippen molar-refractivity contribution in [2.45, 2.75) is 43.6 Å². The Morgan fingerprint density at radius 1 is 1.46 bits per heavy atom. The summed E-state index contributed by atoms with van der Waals surface area (Å²) in [5, 5.41) is 4.29. The molecule has 1 N–H and O–H groups in total. The van der Waals surface area contributed by atoms with E-state index in [0.29, 0.717) is 6.10 Å². The molecule has 0 aromatic rings. The van der Waals surface area contributed by atoms with Gasteiger partial charge in [-0.3, -0.25) is 0 Å². The second-order valence-corrected chi connectivity index (χ2v) is 5.30. The molecule has 0 aromatic heterocycles. The Bertz CT molecular complexity index is 159. The van der Waals surface area contributed by atoms with Crippen LogP contribution < -0.4 is 5.32 Å². The van der Waals surface area contributed by atoms with E-state index < -0.39 is 0 Å². The van der Waals surface area contributed by atoms with E-state index in [0.717, 1.165) is 17.9 Å². The summed E-state index contributed by atoms with van der Waals surface area (Å²) < 4.78 is 5.54. The molecule has 3 atom stereocenters. The minimum atomic E-state index is 0.478. The molecular formula is C10H19NOS. The van der Waals surface area contributed by atoms with Crippen molar-refractivity contribution in [3.63, 3.8) is 0 Å². The molecule has 0 saturated carbocycles. The van der Waals surface area contributed by atoms with Gasteiger partial charge in [0.1, 0.15) is 0 Å². The van der Waals surface area contributed by atoms with E-state index in [-0.39, 0.29) is 0 Å². The lowest BCUT2D eigenvalue weighted by Gasteiger charge is -2.16. The van der Waals surface area contributed by atoms with E-state index in [2.05, 4.69) is 24.0 Å². The standard InChI is InChI=1S/C10H19NOS/c1-8-10(4-6-12-8)13-7-9-3-2-5-11-9/h8-11H,2-7H2,1H3/t8?,9-,10?/m1/s1. The highest BCUT2D eigenvalue weighted by molar-refractivity contribution is 8.00. The molecule has 2 fully saturated rings. The first-order valence-electron chi connectivity index (χ1n) is 5.33. The summed E-state index contributed by atoms with van der Waals surface area (Å²) in [6.45, 7) is 4.39. The summed E-state index contributed by atoms with van der Waals surface area (Å²) in [7, 11) is 0. The maximum Gasteiger partial charge on any atom is 0.0666 e. The molecule has 2 rings (SSSR count). The summed E-state index contributed by atoms with van der Waals surface area (Å²) >= 11 is 2.10. The lowest BCUT2D eigenvalue weighted by Crippen LogP contribution is -2.26. The summed E-state index contributed by atoms with van der Waals surface area (Å²) in [6, 6.07) is 0.776. The maximum absolute atomic E-state index is 5.54. The Hall–Kier alpha value is 0.270. The molecule has 2 aliphatic heterocycles. The van der Waals surface area contributed by atoms with E-state index in [1.54, 1.807) is 0 Å². The van der Waals surface area contributed by atoms with Gasteiger partial charge in [0.15, 0.2) is 0 Å². The molecule has 0 bridgehead atoms. The summed E-state index contributed by atoms with van der Waals surface area (Å²) in [4.78, 5) is 0. The Morgan fingerprint density at radius 2 is 2.38 bits per heavy atom. The molecule has 0 aliphatic carbocycles. The third-order valence-corrected chi connectivity index (χ3v) is 4.62. The van der Waals surface area contributed by atoms with E-state index in [1.807, 2.05) is 0 Å². The normalized spacial score (nSPS) is 39.9. The number of hydrogen-bond acceptors (Lipinski definition) is 3. The third kappa shape index (κ3) is 2.61. The highest BCUT2D eigenvalue weighted by atomic mass is 32.2. The molecule has 0 spiro atoms. The molecule has 2 saturated heterocycles. The van der Waals surface area contributed by atoms with Gasteiger partial charge in [0.25, 0.3) is 0 Å². The van der Waals surface area contributed by atoms with Crippen LogP contribution in [0.15, 0.2) is 0 Å². The van der Waals surface area contributed by atoms with Gasteiger partial charge in [-0.2, -0.15) is 11.8 Å². The van der Waals surface area contributed by atoms with Crippen LogP contribution in [-0.4, -0.2) is 36.3 Å². The van der Waals surface area contributed by atoms with Gasteiger partial charge in [0.05, 0.1) is 6.10 Å². The molecule has 0 amide bonds. The second-order valence-electron chi connectivity index (χ2n) is 4.03. The van der Waals surface area contributed by atoms with Crippen LogP contribution in [0.5, 0.6) is 0 Å². The first-order chi connectivity index (χ1) is 6.36. The zero-order valence-electron chi connectivity index (χ0n) is 8.29. The van der Waals surface area contributed by atoms with E-state index in [9.17, 15) is 0 Å². The fraction of sp³-hybridized carbons (Fsp3) is 1.00. The molecule has 2 unspecified atom stereocenters. The molecule has 13 heavy (non-hydrogen) atoms. The first-order valence-corrected chi connectivity index (χ1v) is 6.38. The zero-order chi connectivity index (χ0) is 9.10. The van der Waals surface area contributed by atoms with Gasteiger partial charge in [0, 0.05) is 23.7 Å². The van der Waals surface area contributed by atoms with Crippen LogP contribution in [0.1, 0.15) is 26.2 Å². The smallest absolute Gasteiger partial charge is 0.0666 e. The van der Waals surface area contributed by atoms with Crippen LogP contribution in [0.3, 0.4) is 0 Å². The van der Waals surface area contributed by atoms with Crippen LogP contribution in [0, 0.1) is 0 Å². The van der Waals surface area contributed by atoms with Crippen molar-refractivity contribution in [2.24, 2.45) is 0 Å². The molecule has 3 heteroatoms. The van der Waals surface area contributed by atoms with Crippen LogP contribution in [0.2, 0.25) is 0 Å². The van der Waals surface area contributed by atoms with Crippen molar-refractivity contribution in [3.8, 4) is 0 Å². The van der Waals surface area contributed by atoms with Gasteiger partial charge in [-0.15, -0.1) is 0 Å². The maximum atomic E-state index is 5.54. The minimum Gasteiger partial charge on any atom is -0.377 e. The topological polar surface area (TPSA) is 21.3 Å². The molecule has 2 heterocycles. The first kappa shape index (κ1) is 9.81. The lowest BCUT2D eigenvalue weighted by molar-refractivity contribution is 0.127. The Morgan fingerprint density at radius 3 is 3.00 bits per heavy atom. The zero-order valence-corrected chi connectivity index (χ0v) is 9.11. The van der Waals surface area contributed by atoms with Crippen LogP contribution in [0.4, 0.5) is 0 Å². The predicted molar refractivity (Wildman–Crippen MR) is 57.3 cm³/mol. The highest BCUT2D eigenvalue weighted by Gasteiger charge is 2.25. The molecule has 0 radical (unpaired) electrons. The fourth-order valence-electron chi connectivity index (χ4n) is 2.07. The van der Waals surface area contributed by atoms with Gasteiger partial charge < -0.3 is 10.1 Å². The monoisotopic (exact) mass is 201 g/mol. The van der Waals surface area contributed by atoms with Crippen molar-refractivity contribution in [1.29, 1.82) is 0 Å². The van der Waals surface area contributed by atoms with E-state index in [4.69, 9.17) is 4.74 Å². The van der Waals surface area contributed by atoms with Crippen LogP contribution in [0.25, 0.3) is 0 Å². The molecule has 2 aliphatic rings. The Labute approximate surface area is 84.8 Å². The van der Waals surface area contributed by atoms with Gasteiger partial charge in [-0.05, 0) is 32.7 Å². The Balaban J connectivity index is 1.66. The largest absolute Gasteiger partial charge is 0.377 e. The van der Waals surface area contributed by atoms with Gasteiger partial charge in [-0.25, -0.2) is 0 Å². The molecule has 2 nitrogen and oxygen atoms in total. The third-order valence-electron chi connectivity index (χ3n) is 2.98. The summed E-state index contributed by atoms with van der Waals surface area (Å²) in [5.74, 6) is 1.28. The quantitative estimate of drug-likeness (QED) is 0.750. The van der Waals surface area contributed by atoms with Gasteiger partial charge >= 0.3 is 0 Å². The van der Waals surface area contributed by atoms with Crippen molar-refractivity contribution in [3.05, 3.63) is 0 Å². The van der Waals surface area contributed by atoms with Crippen molar-refractivity contribution in [2.75, 3.05) is 18.9 Å². The summed E-state index contributed by atoms with van der Waals surface area (Å²) in [5.41, 5.74) is 0.